The molecule has 0 N–H and O–H groups in total. The molecule has 1 heteroatoms. The summed E-state index contributed by atoms with van der Waals surface area (Å²) in [4.78, 5) is 0. The molecule has 1 aromatic heterocycles. The van der Waals surface area contributed by atoms with E-state index in [0.29, 0.717) is 5.92 Å². The van der Waals surface area contributed by atoms with E-state index in [1.165, 1.54) is 21.8 Å². The Balaban J connectivity index is 0.000000829. The first kappa shape index (κ1) is 18.5. The Morgan fingerprint density at radius 3 is 2.35 bits per heavy atom. The number of fused-ring (bicyclic) bond motifs is 1. The first-order chi connectivity index (χ1) is 9.69. The predicted molar refractivity (Wildman–Crippen MR) is 94.9 cm³/mol. The van der Waals surface area contributed by atoms with Gasteiger partial charge in [-0.15, -0.1) is 0 Å². The Hall–Kier alpha value is -1.50. The van der Waals surface area contributed by atoms with Gasteiger partial charge in [-0.3, -0.25) is 0 Å². The zero-order chi connectivity index (χ0) is 15.7. The van der Waals surface area contributed by atoms with Crippen molar-refractivity contribution in [1.29, 1.82) is 0 Å². The minimum atomic E-state index is 0.636. The summed E-state index contributed by atoms with van der Waals surface area (Å²) in [5.41, 5.74) is 2.52. The molecular weight excluding hydrogens is 242 g/mol. The molecule has 0 radical (unpaired) electrons. The molecule has 1 nitrogen and oxygen atoms in total. The van der Waals surface area contributed by atoms with Crippen molar-refractivity contribution in [2.24, 2.45) is 13.0 Å². The number of nitrogens with zero attached hydrogens (tertiary/aromatic N) is 1. The Morgan fingerprint density at radius 2 is 1.85 bits per heavy atom. The monoisotopic (exact) mass is 273 g/mol. The van der Waals surface area contributed by atoms with E-state index in [9.17, 15) is 0 Å². The molecule has 0 saturated heterocycles. The average molecular weight is 273 g/mol. The van der Waals surface area contributed by atoms with E-state index < -0.39 is 0 Å². The molecule has 20 heavy (non-hydrogen) atoms. The first-order valence-electron chi connectivity index (χ1n) is 7.85. The van der Waals surface area contributed by atoms with Crippen LogP contribution in [0.3, 0.4) is 0 Å². The summed E-state index contributed by atoms with van der Waals surface area (Å²) in [5.74, 6) is 0.636. The van der Waals surface area contributed by atoms with Gasteiger partial charge in [-0.05, 0) is 25.3 Å². The maximum atomic E-state index is 3.91. The minimum Gasteiger partial charge on any atom is -0.344 e. The van der Waals surface area contributed by atoms with Crippen molar-refractivity contribution < 1.29 is 0 Å². The highest BCUT2D eigenvalue weighted by atomic mass is 14.9. The van der Waals surface area contributed by atoms with Crippen LogP contribution in [0, 0.1) is 5.92 Å². The number of rotatable bonds is 2. The van der Waals surface area contributed by atoms with Crippen molar-refractivity contribution in [2.45, 2.75) is 48.0 Å². The minimum absolute atomic E-state index is 0.636. The summed E-state index contributed by atoms with van der Waals surface area (Å²) in [6, 6.07) is 0. The highest BCUT2D eigenvalue weighted by Crippen LogP contribution is 2.12. The second-order valence-electron chi connectivity index (χ2n) is 4.44. The van der Waals surface area contributed by atoms with Gasteiger partial charge in [-0.1, -0.05) is 65.5 Å². The maximum Gasteiger partial charge on any atom is 0.0482 e. The normalized spacial score (nSPS) is 15.8. The van der Waals surface area contributed by atoms with E-state index >= 15 is 0 Å². The zero-order valence-corrected chi connectivity index (χ0v) is 14.3. The van der Waals surface area contributed by atoms with Crippen molar-refractivity contribution in [3.63, 3.8) is 0 Å². The molecule has 1 unspecified atom stereocenters. The summed E-state index contributed by atoms with van der Waals surface area (Å²) >= 11 is 0. The molecule has 0 bridgehead atoms. The van der Waals surface area contributed by atoms with E-state index in [1.54, 1.807) is 0 Å². The van der Waals surface area contributed by atoms with Crippen molar-refractivity contribution in [3.05, 3.63) is 34.5 Å². The fraction of sp³-hybridized carbons (Fsp3) is 0.474. The third-order valence-corrected chi connectivity index (χ3v) is 3.23. The molecule has 112 valence electrons. The van der Waals surface area contributed by atoms with Crippen LogP contribution in [0.5, 0.6) is 0 Å². The molecular formula is C19H31N. The molecule has 1 heterocycles. The lowest BCUT2D eigenvalue weighted by Gasteiger charge is -2.06. The molecule has 0 spiro atoms. The second-order valence-corrected chi connectivity index (χ2v) is 4.44. The summed E-state index contributed by atoms with van der Waals surface area (Å²) in [6.45, 7) is 16.2. The van der Waals surface area contributed by atoms with Crippen LogP contribution in [0.15, 0.2) is 12.7 Å². The molecule has 1 aliphatic carbocycles. The quantitative estimate of drug-likeness (QED) is 0.755. The fourth-order valence-corrected chi connectivity index (χ4v) is 2.41. The number of allylic oxidation sites excluding steroid dienone is 1. The van der Waals surface area contributed by atoms with Gasteiger partial charge in [0.1, 0.15) is 0 Å². The Kier molecular flexibility index (Phi) is 8.71. The van der Waals surface area contributed by atoms with Gasteiger partial charge >= 0.3 is 0 Å². The van der Waals surface area contributed by atoms with Crippen LogP contribution < -0.4 is 10.6 Å². The third kappa shape index (κ3) is 3.75. The Bertz CT molecular complexity index is 556. The van der Waals surface area contributed by atoms with Gasteiger partial charge in [0.25, 0.3) is 0 Å². The summed E-state index contributed by atoms with van der Waals surface area (Å²) < 4.78 is 2.24. The standard InChI is InChI=1S/C15H19N.2C2H6/c1-5-7-12-13-9-8-11(3)10-15(13)16(4)14(12)6-2;2*1-2/h5-7,9-11H,2,8H2,1,3-4H3;2*1-2H3/b7-5-;;. The van der Waals surface area contributed by atoms with Crippen molar-refractivity contribution in [2.75, 3.05) is 0 Å². The molecule has 0 saturated carbocycles. The molecule has 0 aliphatic heterocycles. The SMILES string of the molecule is C=Cc1c(/C=C\C)c2c(n1C)=CC(C)CC=2.CC.CC. The van der Waals surface area contributed by atoms with Gasteiger partial charge in [0.2, 0.25) is 0 Å². The van der Waals surface area contributed by atoms with Gasteiger partial charge in [0.05, 0.1) is 0 Å². The summed E-state index contributed by atoms with van der Waals surface area (Å²) in [5, 5.41) is 2.70. The number of hydrogen-bond acceptors (Lipinski definition) is 0. The van der Waals surface area contributed by atoms with Gasteiger partial charge in [-0.2, -0.15) is 0 Å². The average Bonchev–Trinajstić information content (AvgIpc) is 2.76. The molecule has 1 aromatic rings. The topological polar surface area (TPSA) is 4.93 Å². The molecule has 2 rings (SSSR count). The predicted octanol–water partition coefficient (Wildman–Crippen LogP) is 4.35. The van der Waals surface area contributed by atoms with E-state index in [-0.39, 0.29) is 0 Å². The number of aromatic nitrogens is 1. The number of hydrogen-bond donors (Lipinski definition) is 0. The van der Waals surface area contributed by atoms with Crippen LogP contribution >= 0.6 is 0 Å². The fourth-order valence-electron chi connectivity index (χ4n) is 2.41. The van der Waals surface area contributed by atoms with E-state index in [1.807, 2.05) is 33.8 Å². The molecule has 0 fully saturated rings. The summed E-state index contributed by atoms with van der Waals surface area (Å²) in [7, 11) is 2.12. The van der Waals surface area contributed by atoms with Crippen molar-refractivity contribution >= 4 is 24.3 Å². The van der Waals surface area contributed by atoms with Crippen LogP contribution in [-0.4, -0.2) is 4.57 Å². The third-order valence-electron chi connectivity index (χ3n) is 3.23. The van der Waals surface area contributed by atoms with Crippen molar-refractivity contribution in [1.82, 2.24) is 4.57 Å². The van der Waals surface area contributed by atoms with Gasteiger partial charge < -0.3 is 4.57 Å². The lowest BCUT2D eigenvalue weighted by molar-refractivity contribution is 0.777. The van der Waals surface area contributed by atoms with Gasteiger partial charge in [0.15, 0.2) is 0 Å². The van der Waals surface area contributed by atoms with Gasteiger partial charge in [-0.25, -0.2) is 0 Å². The summed E-state index contributed by atoms with van der Waals surface area (Å²) in [6.07, 6.45) is 12.1. The Morgan fingerprint density at radius 1 is 1.25 bits per heavy atom. The molecule has 1 aliphatic rings. The smallest absolute Gasteiger partial charge is 0.0482 e. The highest BCUT2D eigenvalue weighted by Gasteiger charge is 2.11. The van der Waals surface area contributed by atoms with Crippen LogP contribution in [0.2, 0.25) is 0 Å². The van der Waals surface area contributed by atoms with E-state index in [0.717, 1.165) is 6.42 Å². The van der Waals surface area contributed by atoms with Crippen LogP contribution in [-0.2, 0) is 7.05 Å². The van der Waals surface area contributed by atoms with Gasteiger partial charge in [0, 0.05) is 28.9 Å². The Labute approximate surface area is 125 Å². The van der Waals surface area contributed by atoms with Crippen LogP contribution in [0.4, 0.5) is 0 Å². The van der Waals surface area contributed by atoms with Crippen LogP contribution in [0.1, 0.15) is 59.2 Å². The largest absolute Gasteiger partial charge is 0.344 e. The lowest BCUT2D eigenvalue weighted by atomic mass is 10.0. The van der Waals surface area contributed by atoms with E-state index in [4.69, 9.17) is 0 Å². The molecule has 0 amide bonds. The lowest BCUT2D eigenvalue weighted by Crippen LogP contribution is -2.32. The van der Waals surface area contributed by atoms with Crippen LogP contribution in [0.25, 0.3) is 24.3 Å². The molecule has 1 atom stereocenters. The molecule has 0 aromatic carbocycles. The van der Waals surface area contributed by atoms with Crippen molar-refractivity contribution in [3.8, 4) is 0 Å². The maximum absolute atomic E-state index is 3.91. The zero-order valence-electron chi connectivity index (χ0n) is 14.3. The second kappa shape index (κ2) is 9.41. The van der Waals surface area contributed by atoms with E-state index in [2.05, 4.69) is 56.3 Å². The first-order valence-corrected chi connectivity index (χ1v) is 7.85. The highest BCUT2D eigenvalue weighted by molar-refractivity contribution is 5.65.